The molecule has 0 spiro atoms. The number of benzene rings is 2. The number of nitrogens with zero attached hydrogens (tertiary/aromatic N) is 2. The van der Waals surface area contributed by atoms with Crippen molar-refractivity contribution in [3.05, 3.63) is 70.6 Å². The van der Waals surface area contributed by atoms with E-state index in [2.05, 4.69) is 20.6 Å². The van der Waals surface area contributed by atoms with Crippen LogP contribution in [0.4, 0.5) is 17.2 Å². The SMILES string of the molecule is COc1ccccc1Nc1cc(C(=O)Nc2c(Cl)cccc2Cl)ncn1. The van der Waals surface area contributed by atoms with E-state index in [4.69, 9.17) is 27.9 Å². The standard InChI is InChI=1S/C18H14Cl2N4O2/c1-26-15-8-3-2-7-13(15)23-16-9-14(21-10-22-16)18(25)24-17-11(19)5-4-6-12(17)20/h2-10H,1H3,(H,24,25)(H,21,22,23). The first kappa shape index (κ1) is 18.0. The monoisotopic (exact) mass is 388 g/mol. The molecule has 0 bridgehead atoms. The van der Waals surface area contributed by atoms with Crippen molar-refractivity contribution >= 4 is 46.3 Å². The maximum Gasteiger partial charge on any atom is 0.274 e. The van der Waals surface area contributed by atoms with E-state index in [0.717, 1.165) is 0 Å². The van der Waals surface area contributed by atoms with Gasteiger partial charge in [-0.25, -0.2) is 9.97 Å². The highest BCUT2D eigenvalue weighted by Crippen LogP contribution is 2.30. The van der Waals surface area contributed by atoms with Crippen LogP contribution in [0.3, 0.4) is 0 Å². The van der Waals surface area contributed by atoms with Crippen LogP contribution in [0.15, 0.2) is 54.9 Å². The second-order valence-electron chi connectivity index (χ2n) is 5.16. The lowest BCUT2D eigenvalue weighted by Gasteiger charge is -2.11. The molecule has 8 heteroatoms. The van der Waals surface area contributed by atoms with E-state index in [1.165, 1.54) is 12.4 Å². The molecule has 0 aliphatic carbocycles. The summed E-state index contributed by atoms with van der Waals surface area (Å²) in [5.41, 5.74) is 1.21. The molecule has 1 heterocycles. The van der Waals surface area contributed by atoms with Crippen LogP contribution in [0.5, 0.6) is 5.75 Å². The van der Waals surface area contributed by atoms with Gasteiger partial charge in [0, 0.05) is 6.07 Å². The Labute approximate surface area is 160 Å². The zero-order valence-electron chi connectivity index (χ0n) is 13.7. The minimum atomic E-state index is -0.453. The summed E-state index contributed by atoms with van der Waals surface area (Å²) < 4.78 is 5.29. The summed E-state index contributed by atoms with van der Waals surface area (Å²) in [5, 5.41) is 6.44. The highest BCUT2D eigenvalue weighted by molar-refractivity contribution is 6.40. The third-order valence-electron chi connectivity index (χ3n) is 3.47. The molecule has 0 saturated carbocycles. The average molecular weight is 389 g/mol. The number of anilines is 3. The maximum absolute atomic E-state index is 12.5. The van der Waals surface area contributed by atoms with E-state index in [0.29, 0.717) is 33.0 Å². The van der Waals surface area contributed by atoms with Crippen LogP contribution >= 0.6 is 23.2 Å². The molecule has 0 unspecified atom stereocenters. The Kier molecular flexibility index (Phi) is 5.55. The quantitative estimate of drug-likeness (QED) is 0.656. The zero-order chi connectivity index (χ0) is 18.5. The van der Waals surface area contributed by atoms with Crippen LogP contribution < -0.4 is 15.4 Å². The highest BCUT2D eigenvalue weighted by atomic mass is 35.5. The molecular formula is C18H14Cl2N4O2. The fourth-order valence-corrected chi connectivity index (χ4v) is 2.72. The summed E-state index contributed by atoms with van der Waals surface area (Å²) >= 11 is 12.1. The van der Waals surface area contributed by atoms with Crippen LogP contribution in [0.2, 0.25) is 10.0 Å². The lowest BCUT2D eigenvalue weighted by atomic mass is 10.2. The first-order valence-corrected chi connectivity index (χ1v) is 8.31. The fraction of sp³-hybridized carbons (Fsp3) is 0.0556. The summed E-state index contributed by atoms with van der Waals surface area (Å²) in [5.74, 6) is 0.644. The van der Waals surface area contributed by atoms with Crippen molar-refractivity contribution in [3.63, 3.8) is 0 Å². The Morgan fingerprint density at radius 2 is 1.77 bits per heavy atom. The van der Waals surface area contributed by atoms with E-state index >= 15 is 0 Å². The molecule has 0 fully saturated rings. The molecule has 3 aromatic rings. The number of methoxy groups -OCH3 is 1. The van der Waals surface area contributed by atoms with Gasteiger partial charge in [0.1, 0.15) is 23.6 Å². The van der Waals surface area contributed by atoms with Gasteiger partial charge in [0.15, 0.2) is 0 Å². The molecule has 0 radical (unpaired) electrons. The predicted octanol–water partition coefficient (Wildman–Crippen LogP) is 4.79. The van der Waals surface area contributed by atoms with Crippen molar-refractivity contribution in [2.24, 2.45) is 0 Å². The van der Waals surface area contributed by atoms with Crippen LogP contribution in [-0.2, 0) is 0 Å². The van der Waals surface area contributed by atoms with Crippen molar-refractivity contribution in [1.82, 2.24) is 9.97 Å². The number of aromatic nitrogens is 2. The highest BCUT2D eigenvalue weighted by Gasteiger charge is 2.14. The smallest absolute Gasteiger partial charge is 0.274 e. The number of halogens is 2. The van der Waals surface area contributed by atoms with E-state index in [-0.39, 0.29) is 5.69 Å². The van der Waals surface area contributed by atoms with Crippen LogP contribution in [-0.4, -0.2) is 23.0 Å². The van der Waals surface area contributed by atoms with E-state index in [1.54, 1.807) is 25.3 Å². The number of rotatable bonds is 5. The molecule has 1 aromatic heterocycles. The molecule has 0 aliphatic heterocycles. The minimum Gasteiger partial charge on any atom is -0.495 e. The Morgan fingerprint density at radius 1 is 1.04 bits per heavy atom. The van der Waals surface area contributed by atoms with Crippen molar-refractivity contribution in [1.29, 1.82) is 0 Å². The maximum atomic E-state index is 12.5. The summed E-state index contributed by atoms with van der Waals surface area (Å²) in [6, 6.07) is 13.9. The van der Waals surface area contributed by atoms with Crippen molar-refractivity contribution in [2.45, 2.75) is 0 Å². The number of hydrogen-bond acceptors (Lipinski definition) is 5. The Bertz CT molecular complexity index is 930. The molecule has 2 N–H and O–H groups in total. The zero-order valence-corrected chi connectivity index (χ0v) is 15.2. The van der Waals surface area contributed by atoms with Gasteiger partial charge in [0.2, 0.25) is 0 Å². The fourth-order valence-electron chi connectivity index (χ4n) is 2.23. The third-order valence-corrected chi connectivity index (χ3v) is 4.10. The normalized spacial score (nSPS) is 10.3. The molecule has 1 amide bonds. The van der Waals surface area contributed by atoms with E-state index in [1.807, 2.05) is 24.3 Å². The molecular weight excluding hydrogens is 375 g/mol. The summed E-state index contributed by atoms with van der Waals surface area (Å²) in [6.45, 7) is 0. The second-order valence-corrected chi connectivity index (χ2v) is 5.98. The van der Waals surface area contributed by atoms with Crippen LogP contribution in [0.25, 0.3) is 0 Å². The lowest BCUT2D eigenvalue weighted by molar-refractivity contribution is 0.102. The van der Waals surface area contributed by atoms with Gasteiger partial charge in [0.25, 0.3) is 5.91 Å². The minimum absolute atomic E-state index is 0.161. The van der Waals surface area contributed by atoms with Gasteiger partial charge in [-0.1, -0.05) is 41.4 Å². The number of carbonyl (C=O) groups is 1. The number of ether oxygens (including phenoxy) is 1. The lowest BCUT2D eigenvalue weighted by Crippen LogP contribution is -2.15. The van der Waals surface area contributed by atoms with Crippen molar-refractivity contribution in [3.8, 4) is 5.75 Å². The summed E-state index contributed by atoms with van der Waals surface area (Å²) in [4.78, 5) is 20.6. The summed E-state index contributed by atoms with van der Waals surface area (Å²) in [6.07, 6.45) is 1.29. The Balaban J connectivity index is 1.82. The number of hydrogen-bond donors (Lipinski definition) is 2. The average Bonchev–Trinajstić information content (AvgIpc) is 2.65. The number of nitrogens with one attached hydrogen (secondary N) is 2. The van der Waals surface area contributed by atoms with Gasteiger partial charge in [-0.3, -0.25) is 4.79 Å². The molecule has 6 nitrogen and oxygen atoms in total. The topological polar surface area (TPSA) is 76.1 Å². The van der Waals surface area contributed by atoms with Gasteiger partial charge in [-0.2, -0.15) is 0 Å². The Morgan fingerprint density at radius 3 is 2.50 bits per heavy atom. The molecule has 0 saturated heterocycles. The van der Waals surface area contributed by atoms with Gasteiger partial charge in [-0.05, 0) is 24.3 Å². The largest absolute Gasteiger partial charge is 0.495 e. The van der Waals surface area contributed by atoms with E-state index in [9.17, 15) is 4.79 Å². The molecule has 0 aliphatic rings. The predicted molar refractivity (Wildman–Crippen MR) is 103 cm³/mol. The van der Waals surface area contributed by atoms with Crippen LogP contribution in [0, 0.1) is 0 Å². The molecule has 3 rings (SSSR count). The summed E-state index contributed by atoms with van der Waals surface area (Å²) in [7, 11) is 1.58. The Hall–Kier alpha value is -2.83. The van der Waals surface area contributed by atoms with E-state index < -0.39 is 5.91 Å². The molecule has 132 valence electrons. The van der Waals surface area contributed by atoms with Crippen molar-refractivity contribution < 1.29 is 9.53 Å². The number of para-hydroxylation sites is 3. The number of amides is 1. The van der Waals surface area contributed by atoms with Gasteiger partial charge < -0.3 is 15.4 Å². The van der Waals surface area contributed by atoms with Gasteiger partial charge >= 0.3 is 0 Å². The number of carbonyl (C=O) groups excluding carboxylic acids is 1. The van der Waals surface area contributed by atoms with Gasteiger partial charge in [0.05, 0.1) is 28.5 Å². The van der Waals surface area contributed by atoms with Gasteiger partial charge in [-0.15, -0.1) is 0 Å². The molecule has 2 aromatic carbocycles. The van der Waals surface area contributed by atoms with Crippen LogP contribution in [0.1, 0.15) is 10.5 Å². The molecule has 0 atom stereocenters. The third kappa shape index (κ3) is 4.04. The second kappa shape index (κ2) is 8.03. The first-order chi connectivity index (χ1) is 12.6. The molecule has 26 heavy (non-hydrogen) atoms. The first-order valence-electron chi connectivity index (χ1n) is 7.56. The van der Waals surface area contributed by atoms with Crippen molar-refractivity contribution in [2.75, 3.05) is 17.7 Å².